The monoisotopic (exact) mass is 316 g/mol. The molecule has 0 bridgehead atoms. The third kappa shape index (κ3) is 4.02. The predicted molar refractivity (Wildman–Crippen MR) is 88.3 cm³/mol. The fourth-order valence-electron chi connectivity index (χ4n) is 1.80. The van der Waals surface area contributed by atoms with Crippen LogP contribution in [0.3, 0.4) is 0 Å². The molecule has 0 saturated heterocycles. The normalized spacial score (nSPS) is 12.2. The summed E-state index contributed by atoms with van der Waals surface area (Å²) < 4.78 is 17.3. The van der Waals surface area contributed by atoms with E-state index in [1.54, 1.807) is 37.5 Å². The molecule has 1 unspecified atom stereocenters. The number of H-pyrrole nitrogens is 1. The van der Waals surface area contributed by atoms with Crippen molar-refractivity contribution in [3.05, 3.63) is 64.6 Å². The van der Waals surface area contributed by atoms with E-state index in [2.05, 4.69) is 16.8 Å². The molecule has 114 valence electrons. The summed E-state index contributed by atoms with van der Waals surface area (Å²) in [5.41, 5.74) is 1.27. The molecule has 2 aromatic rings. The van der Waals surface area contributed by atoms with Crippen LogP contribution in [0, 0.1) is 0 Å². The minimum absolute atomic E-state index is 0.243. The molecule has 0 aliphatic rings. The summed E-state index contributed by atoms with van der Waals surface area (Å²) in [5.74, 6) is 0.948. The molecule has 0 amide bonds. The zero-order chi connectivity index (χ0) is 15.9. The van der Waals surface area contributed by atoms with Crippen LogP contribution in [0.2, 0.25) is 0 Å². The van der Waals surface area contributed by atoms with E-state index in [1.807, 2.05) is 12.1 Å². The van der Waals surface area contributed by atoms with E-state index in [4.69, 9.17) is 4.74 Å². The lowest BCUT2D eigenvalue weighted by Crippen LogP contribution is -2.05. The van der Waals surface area contributed by atoms with Crippen molar-refractivity contribution in [2.24, 2.45) is 0 Å². The van der Waals surface area contributed by atoms with Crippen LogP contribution in [0.5, 0.6) is 5.75 Å². The van der Waals surface area contributed by atoms with Crippen molar-refractivity contribution in [2.75, 3.05) is 12.9 Å². The molecule has 0 radical (unpaired) electrons. The Balaban J connectivity index is 2.25. The van der Waals surface area contributed by atoms with Gasteiger partial charge in [-0.25, -0.2) is 5.10 Å². The van der Waals surface area contributed by atoms with Gasteiger partial charge in [-0.2, -0.15) is 5.10 Å². The van der Waals surface area contributed by atoms with E-state index in [1.165, 1.54) is 6.07 Å². The Morgan fingerprint density at radius 1 is 1.32 bits per heavy atom. The average Bonchev–Trinajstić information content (AvgIpc) is 2.54. The van der Waals surface area contributed by atoms with E-state index in [0.29, 0.717) is 22.1 Å². The Morgan fingerprint density at radius 2 is 2.14 bits per heavy atom. The van der Waals surface area contributed by atoms with Crippen LogP contribution in [0.4, 0.5) is 0 Å². The first kappa shape index (κ1) is 15.9. The SMILES string of the molecule is C=CCS(=O)c1ccc(/C=C/c2ccc(=O)[nH]n2)cc1OC. The highest BCUT2D eigenvalue weighted by Gasteiger charge is 2.09. The minimum atomic E-state index is -1.16. The lowest BCUT2D eigenvalue weighted by Gasteiger charge is -2.08. The number of aromatic amines is 1. The molecule has 0 spiro atoms. The molecular formula is C16H16N2O3S. The van der Waals surface area contributed by atoms with Crippen molar-refractivity contribution in [2.45, 2.75) is 4.90 Å². The van der Waals surface area contributed by atoms with Crippen LogP contribution in [0.25, 0.3) is 12.2 Å². The van der Waals surface area contributed by atoms with E-state index in [0.717, 1.165) is 5.56 Å². The third-order valence-electron chi connectivity index (χ3n) is 2.85. The summed E-state index contributed by atoms with van der Waals surface area (Å²) in [6.07, 6.45) is 5.22. The molecular weight excluding hydrogens is 300 g/mol. The molecule has 0 saturated carbocycles. The number of nitrogens with zero attached hydrogens (tertiary/aromatic N) is 1. The minimum Gasteiger partial charge on any atom is -0.495 e. The molecule has 22 heavy (non-hydrogen) atoms. The molecule has 0 aliphatic carbocycles. The maximum Gasteiger partial charge on any atom is 0.264 e. The van der Waals surface area contributed by atoms with E-state index in [9.17, 15) is 9.00 Å². The average molecular weight is 316 g/mol. The summed E-state index contributed by atoms with van der Waals surface area (Å²) in [5, 5.41) is 6.26. The highest BCUT2D eigenvalue weighted by molar-refractivity contribution is 7.85. The van der Waals surface area contributed by atoms with Gasteiger partial charge < -0.3 is 4.74 Å². The summed E-state index contributed by atoms with van der Waals surface area (Å²) in [4.78, 5) is 11.6. The second-order valence-electron chi connectivity index (χ2n) is 4.39. The molecule has 5 nitrogen and oxygen atoms in total. The third-order valence-corrected chi connectivity index (χ3v) is 4.22. The maximum atomic E-state index is 12.0. The summed E-state index contributed by atoms with van der Waals surface area (Å²) in [6, 6.07) is 8.47. The zero-order valence-corrected chi connectivity index (χ0v) is 12.9. The number of aromatic nitrogens is 2. The first-order valence-electron chi connectivity index (χ1n) is 6.55. The Hall–Kier alpha value is -2.47. The van der Waals surface area contributed by atoms with Crippen molar-refractivity contribution >= 4 is 23.0 Å². The first-order chi connectivity index (χ1) is 10.6. The van der Waals surface area contributed by atoms with Gasteiger partial charge in [-0.15, -0.1) is 6.58 Å². The Morgan fingerprint density at radius 3 is 2.77 bits per heavy atom. The second kappa shape index (κ2) is 7.51. The lowest BCUT2D eigenvalue weighted by atomic mass is 10.2. The topological polar surface area (TPSA) is 72.0 Å². The van der Waals surface area contributed by atoms with Crippen LogP contribution in [0.15, 0.2) is 52.7 Å². The van der Waals surface area contributed by atoms with Gasteiger partial charge in [-0.1, -0.05) is 18.2 Å². The number of hydrogen-bond acceptors (Lipinski definition) is 4. The molecule has 0 fully saturated rings. The molecule has 6 heteroatoms. The smallest absolute Gasteiger partial charge is 0.264 e. The van der Waals surface area contributed by atoms with Crippen molar-refractivity contribution in [3.8, 4) is 5.75 Å². The molecule has 1 atom stereocenters. The standard InChI is InChI=1S/C16H16N2O3S/c1-3-10-22(20)15-8-5-12(11-14(15)21-2)4-6-13-7-9-16(19)18-17-13/h3-9,11H,1,10H2,2H3,(H,18,19)/b6-4+. The second-order valence-corrected chi connectivity index (χ2v) is 5.85. The van der Waals surface area contributed by atoms with E-state index < -0.39 is 10.8 Å². The Labute approximate surface area is 130 Å². The van der Waals surface area contributed by atoms with E-state index >= 15 is 0 Å². The van der Waals surface area contributed by atoms with Gasteiger partial charge in [0.25, 0.3) is 5.56 Å². The van der Waals surface area contributed by atoms with Gasteiger partial charge >= 0.3 is 0 Å². The van der Waals surface area contributed by atoms with Gasteiger partial charge in [0, 0.05) is 11.8 Å². The van der Waals surface area contributed by atoms with Crippen molar-refractivity contribution in [1.29, 1.82) is 0 Å². The van der Waals surface area contributed by atoms with Crippen LogP contribution >= 0.6 is 0 Å². The summed E-state index contributed by atoms with van der Waals surface area (Å²) >= 11 is 0. The number of rotatable bonds is 6. The van der Waals surface area contributed by atoms with Crippen molar-refractivity contribution in [1.82, 2.24) is 10.2 Å². The van der Waals surface area contributed by atoms with Crippen LogP contribution in [0.1, 0.15) is 11.3 Å². The van der Waals surface area contributed by atoms with Gasteiger partial charge in [-0.3, -0.25) is 9.00 Å². The number of nitrogens with one attached hydrogen (secondary N) is 1. The van der Waals surface area contributed by atoms with Gasteiger partial charge in [-0.05, 0) is 29.8 Å². The highest BCUT2D eigenvalue weighted by Crippen LogP contribution is 2.24. The van der Waals surface area contributed by atoms with Crippen LogP contribution in [-0.4, -0.2) is 27.3 Å². The number of ether oxygens (including phenoxy) is 1. The Kier molecular flexibility index (Phi) is 5.43. The number of benzene rings is 1. The maximum absolute atomic E-state index is 12.0. The van der Waals surface area contributed by atoms with Crippen LogP contribution in [-0.2, 0) is 10.8 Å². The van der Waals surface area contributed by atoms with Gasteiger partial charge in [0.1, 0.15) is 5.75 Å². The Bertz CT molecular complexity index is 761. The van der Waals surface area contributed by atoms with Gasteiger partial charge in [0.05, 0.1) is 28.5 Å². The molecule has 1 aromatic carbocycles. The summed E-state index contributed by atoms with van der Waals surface area (Å²) in [6.45, 7) is 3.59. The van der Waals surface area contributed by atoms with Gasteiger partial charge in [0.2, 0.25) is 0 Å². The largest absolute Gasteiger partial charge is 0.495 e. The summed E-state index contributed by atoms with van der Waals surface area (Å²) in [7, 11) is 0.378. The number of methoxy groups -OCH3 is 1. The van der Waals surface area contributed by atoms with E-state index in [-0.39, 0.29) is 5.56 Å². The van der Waals surface area contributed by atoms with Crippen molar-refractivity contribution in [3.63, 3.8) is 0 Å². The first-order valence-corrected chi connectivity index (χ1v) is 7.87. The fraction of sp³-hybridized carbons (Fsp3) is 0.125. The van der Waals surface area contributed by atoms with Crippen molar-refractivity contribution < 1.29 is 8.95 Å². The fourth-order valence-corrected chi connectivity index (χ4v) is 2.78. The van der Waals surface area contributed by atoms with Gasteiger partial charge in [0.15, 0.2) is 0 Å². The quantitative estimate of drug-likeness (QED) is 0.830. The molecule has 1 heterocycles. The molecule has 0 aliphatic heterocycles. The molecule has 2 rings (SSSR count). The van der Waals surface area contributed by atoms with Crippen LogP contribution < -0.4 is 10.3 Å². The molecule has 1 aromatic heterocycles. The molecule has 1 N–H and O–H groups in total. The highest BCUT2D eigenvalue weighted by atomic mass is 32.2. The zero-order valence-electron chi connectivity index (χ0n) is 12.1. The predicted octanol–water partition coefficient (Wildman–Crippen LogP) is 2.24. The number of hydrogen-bond donors (Lipinski definition) is 1. The lowest BCUT2D eigenvalue weighted by molar-refractivity contribution is 0.404.